The number of fused-ring (bicyclic) bond motifs is 1. The highest BCUT2D eigenvalue weighted by molar-refractivity contribution is 5.95. The van der Waals surface area contributed by atoms with Gasteiger partial charge in [-0.3, -0.25) is 14.2 Å². The molecule has 1 saturated heterocycles. The molecule has 3 aromatic rings. The predicted octanol–water partition coefficient (Wildman–Crippen LogP) is 1.79. The van der Waals surface area contributed by atoms with Crippen LogP contribution < -0.4 is 19.9 Å². The second-order valence-electron chi connectivity index (χ2n) is 7.21. The van der Waals surface area contributed by atoms with Crippen LogP contribution >= 0.6 is 0 Å². The molecule has 3 heterocycles. The molecular weight excluding hydrogens is 398 g/mol. The Hall–Kier alpha value is -3.62. The number of ether oxygens (including phenoxy) is 2. The highest BCUT2D eigenvalue weighted by Gasteiger charge is 2.26. The molecule has 1 amide bonds. The van der Waals surface area contributed by atoms with E-state index in [1.165, 1.54) is 0 Å². The van der Waals surface area contributed by atoms with Crippen LogP contribution in [0.25, 0.3) is 11.2 Å². The molecule has 0 unspecified atom stereocenters. The summed E-state index contributed by atoms with van der Waals surface area (Å²) in [7, 11) is 3.11. The molecule has 0 spiro atoms. The van der Waals surface area contributed by atoms with Gasteiger partial charge in [-0.15, -0.1) is 0 Å². The van der Waals surface area contributed by atoms with Crippen molar-refractivity contribution in [2.75, 3.05) is 45.3 Å². The standard InChI is InChI=1S/C22H25N5O4/c1-4-27-19-18(6-5-7-23-19)24-20(22(27)29)25-8-10-26(11-9-25)21(28)15-12-16(30-2)14-17(13-15)31-3/h5-7,12-14H,4,8-11H2,1-3H3. The normalized spacial score (nSPS) is 14.0. The number of aromatic nitrogens is 3. The third kappa shape index (κ3) is 3.90. The van der Waals surface area contributed by atoms with Crippen molar-refractivity contribution < 1.29 is 14.3 Å². The fraction of sp³-hybridized carbons (Fsp3) is 0.364. The molecule has 0 bridgehead atoms. The monoisotopic (exact) mass is 423 g/mol. The summed E-state index contributed by atoms with van der Waals surface area (Å²) in [5.41, 5.74) is 1.61. The number of anilines is 1. The second kappa shape index (κ2) is 8.63. The van der Waals surface area contributed by atoms with Crippen LogP contribution in [-0.4, -0.2) is 65.7 Å². The Morgan fingerprint density at radius 2 is 1.74 bits per heavy atom. The van der Waals surface area contributed by atoms with Gasteiger partial charge < -0.3 is 19.3 Å². The lowest BCUT2D eigenvalue weighted by molar-refractivity contribution is 0.0745. The lowest BCUT2D eigenvalue weighted by atomic mass is 10.1. The number of piperazine rings is 1. The third-order valence-electron chi connectivity index (χ3n) is 5.47. The van der Waals surface area contributed by atoms with E-state index >= 15 is 0 Å². The first-order valence-electron chi connectivity index (χ1n) is 10.2. The molecular formula is C22H25N5O4. The first kappa shape index (κ1) is 20.6. The summed E-state index contributed by atoms with van der Waals surface area (Å²) in [6.07, 6.45) is 1.66. The van der Waals surface area contributed by atoms with E-state index in [1.54, 1.807) is 48.1 Å². The zero-order valence-corrected chi connectivity index (χ0v) is 17.9. The van der Waals surface area contributed by atoms with Crippen LogP contribution in [0.1, 0.15) is 17.3 Å². The summed E-state index contributed by atoms with van der Waals surface area (Å²) >= 11 is 0. The van der Waals surface area contributed by atoms with E-state index < -0.39 is 0 Å². The number of aryl methyl sites for hydroxylation is 1. The molecule has 0 saturated carbocycles. The molecule has 1 aliphatic heterocycles. The third-order valence-corrected chi connectivity index (χ3v) is 5.47. The van der Waals surface area contributed by atoms with Crippen molar-refractivity contribution in [3.63, 3.8) is 0 Å². The minimum absolute atomic E-state index is 0.0986. The molecule has 2 aromatic heterocycles. The SMILES string of the molecule is CCn1c(=O)c(N2CCN(C(=O)c3cc(OC)cc(OC)c3)CC2)nc2cccnc21. The van der Waals surface area contributed by atoms with E-state index in [2.05, 4.69) is 9.97 Å². The van der Waals surface area contributed by atoms with Crippen LogP contribution in [0.4, 0.5) is 5.82 Å². The van der Waals surface area contributed by atoms with Gasteiger partial charge in [-0.1, -0.05) is 0 Å². The van der Waals surface area contributed by atoms with Crippen LogP contribution in [-0.2, 0) is 6.54 Å². The fourth-order valence-electron chi connectivity index (χ4n) is 3.80. The van der Waals surface area contributed by atoms with Crippen LogP contribution in [0, 0.1) is 0 Å². The lowest BCUT2D eigenvalue weighted by Crippen LogP contribution is -2.50. The Labute approximate surface area is 179 Å². The average molecular weight is 423 g/mol. The smallest absolute Gasteiger partial charge is 0.295 e. The molecule has 31 heavy (non-hydrogen) atoms. The number of methoxy groups -OCH3 is 2. The Morgan fingerprint density at radius 3 is 2.35 bits per heavy atom. The molecule has 1 fully saturated rings. The maximum Gasteiger partial charge on any atom is 0.295 e. The number of benzene rings is 1. The molecule has 0 N–H and O–H groups in total. The lowest BCUT2D eigenvalue weighted by Gasteiger charge is -2.35. The van der Waals surface area contributed by atoms with Gasteiger partial charge in [-0.25, -0.2) is 9.97 Å². The van der Waals surface area contributed by atoms with Gasteiger partial charge in [0.1, 0.15) is 17.0 Å². The minimum atomic E-state index is -0.161. The van der Waals surface area contributed by atoms with E-state index in [0.29, 0.717) is 66.8 Å². The number of nitrogens with zero attached hydrogens (tertiary/aromatic N) is 5. The highest BCUT2D eigenvalue weighted by Crippen LogP contribution is 2.24. The fourth-order valence-corrected chi connectivity index (χ4v) is 3.80. The molecule has 162 valence electrons. The van der Waals surface area contributed by atoms with E-state index in [0.717, 1.165) is 0 Å². The number of hydrogen-bond acceptors (Lipinski definition) is 7. The van der Waals surface area contributed by atoms with E-state index in [-0.39, 0.29) is 11.5 Å². The van der Waals surface area contributed by atoms with Crippen molar-refractivity contribution in [2.24, 2.45) is 0 Å². The van der Waals surface area contributed by atoms with Crippen molar-refractivity contribution in [2.45, 2.75) is 13.5 Å². The summed E-state index contributed by atoms with van der Waals surface area (Å²) in [6, 6.07) is 8.80. The number of pyridine rings is 1. The summed E-state index contributed by atoms with van der Waals surface area (Å²) in [6.45, 7) is 4.43. The topological polar surface area (TPSA) is 89.8 Å². The minimum Gasteiger partial charge on any atom is -0.497 e. The quantitative estimate of drug-likeness (QED) is 0.618. The molecule has 1 aromatic carbocycles. The van der Waals surface area contributed by atoms with Gasteiger partial charge in [0.15, 0.2) is 11.5 Å². The van der Waals surface area contributed by atoms with Crippen LogP contribution in [0.3, 0.4) is 0 Å². The van der Waals surface area contributed by atoms with E-state index in [9.17, 15) is 9.59 Å². The Morgan fingerprint density at radius 1 is 1.06 bits per heavy atom. The Bertz CT molecular complexity index is 1150. The van der Waals surface area contributed by atoms with Gasteiger partial charge in [0.2, 0.25) is 0 Å². The first-order valence-corrected chi connectivity index (χ1v) is 10.2. The van der Waals surface area contributed by atoms with Gasteiger partial charge in [0, 0.05) is 50.6 Å². The summed E-state index contributed by atoms with van der Waals surface area (Å²) < 4.78 is 12.2. The maximum atomic E-state index is 13.0. The van der Waals surface area contributed by atoms with Crippen molar-refractivity contribution in [1.82, 2.24) is 19.4 Å². The number of carbonyl (C=O) groups is 1. The number of rotatable bonds is 5. The summed E-state index contributed by atoms with van der Waals surface area (Å²) in [4.78, 5) is 38.6. The Balaban J connectivity index is 1.55. The number of carbonyl (C=O) groups excluding carboxylic acids is 1. The molecule has 4 rings (SSSR count). The molecule has 0 radical (unpaired) electrons. The van der Waals surface area contributed by atoms with Crippen molar-refractivity contribution in [3.8, 4) is 11.5 Å². The second-order valence-corrected chi connectivity index (χ2v) is 7.21. The van der Waals surface area contributed by atoms with Gasteiger partial charge >= 0.3 is 0 Å². The molecule has 0 aliphatic carbocycles. The van der Waals surface area contributed by atoms with Crippen LogP contribution in [0.15, 0.2) is 41.3 Å². The van der Waals surface area contributed by atoms with Crippen molar-refractivity contribution in [1.29, 1.82) is 0 Å². The average Bonchev–Trinajstić information content (AvgIpc) is 2.83. The molecule has 0 atom stereocenters. The zero-order chi connectivity index (χ0) is 22.0. The summed E-state index contributed by atoms with van der Waals surface area (Å²) in [5, 5.41) is 0. The number of hydrogen-bond donors (Lipinski definition) is 0. The zero-order valence-electron chi connectivity index (χ0n) is 17.9. The highest BCUT2D eigenvalue weighted by atomic mass is 16.5. The van der Waals surface area contributed by atoms with Gasteiger partial charge in [-0.2, -0.15) is 0 Å². The Kier molecular flexibility index (Phi) is 5.75. The predicted molar refractivity (Wildman–Crippen MR) is 117 cm³/mol. The number of amides is 1. The van der Waals surface area contributed by atoms with E-state index in [4.69, 9.17) is 9.47 Å². The van der Waals surface area contributed by atoms with Gasteiger partial charge in [0.25, 0.3) is 11.5 Å². The molecule has 1 aliphatic rings. The van der Waals surface area contributed by atoms with Crippen LogP contribution in [0.2, 0.25) is 0 Å². The molecule has 9 heteroatoms. The van der Waals surface area contributed by atoms with Gasteiger partial charge in [-0.05, 0) is 31.2 Å². The van der Waals surface area contributed by atoms with Crippen molar-refractivity contribution in [3.05, 3.63) is 52.4 Å². The van der Waals surface area contributed by atoms with Gasteiger partial charge in [0.05, 0.1) is 14.2 Å². The molecule has 9 nitrogen and oxygen atoms in total. The first-order chi connectivity index (χ1) is 15.0. The van der Waals surface area contributed by atoms with Crippen molar-refractivity contribution >= 4 is 22.9 Å². The largest absolute Gasteiger partial charge is 0.497 e. The summed E-state index contributed by atoms with van der Waals surface area (Å²) in [5.74, 6) is 1.43. The maximum absolute atomic E-state index is 13.0. The van der Waals surface area contributed by atoms with Crippen LogP contribution in [0.5, 0.6) is 11.5 Å². The van der Waals surface area contributed by atoms with E-state index in [1.807, 2.05) is 24.0 Å².